The third-order valence-electron chi connectivity index (χ3n) is 3.49. The maximum Gasteiger partial charge on any atom is 0.354 e. The van der Waals surface area contributed by atoms with Gasteiger partial charge in [-0.05, 0) is 36.4 Å². The lowest BCUT2D eigenvalue weighted by Crippen LogP contribution is -2.25. The van der Waals surface area contributed by atoms with Crippen LogP contribution in [0.25, 0.3) is 16.6 Å². The Labute approximate surface area is 138 Å². The van der Waals surface area contributed by atoms with Crippen LogP contribution in [0.3, 0.4) is 0 Å². The van der Waals surface area contributed by atoms with Crippen molar-refractivity contribution in [3.63, 3.8) is 0 Å². The van der Waals surface area contributed by atoms with Gasteiger partial charge in [0.05, 0.1) is 22.8 Å². The van der Waals surface area contributed by atoms with Gasteiger partial charge in [0.15, 0.2) is 0 Å². The Morgan fingerprint density at radius 2 is 2.00 bits per heavy atom. The van der Waals surface area contributed by atoms with Gasteiger partial charge in [0.2, 0.25) is 0 Å². The smallest absolute Gasteiger partial charge is 0.354 e. The Morgan fingerprint density at radius 3 is 2.70 bits per heavy atom. The minimum atomic E-state index is -0.418. The quantitative estimate of drug-likeness (QED) is 0.727. The molecule has 0 aliphatic carbocycles. The lowest BCUT2D eigenvalue weighted by molar-refractivity contribution is 0.936. The first kappa shape index (κ1) is 15.1. The Kier molecular flexibility index (Phi) is 3.77. The van der Waals surface area contributed by atoms with Gasteiger partial charge >= 0.3 is 5.69 Å². The van der Waals surface area contributed by atoms with Crippen LogP contribution in [0.5, 0.6) is 0 Å². The topological polar surface area (TPSA) is 61.9 Å². The third kappa shape index (κ3) is 2.65. The van der Waals surface area contributed by atoms with Crippen LogP contribution >= 0.6 is 11.6 Å². The van der Waals surface area contributed by atoms with E-state index < -0.39 is 5.69 Å². The van der Waals surface area contributed by atoms with Crippen molar-refractivity contribution in [1.82, 2.24) is 9.55 Å². The first-order chi connectivity index (χ1) is 11.0. The number of nitriles is 1. The van der Waals surface area contributed by atoms with Crippen LogP contribution in [0, 0.1) is 11.3 Å². The number of nitrogens with zero attached hydrogens (tertiary/aromatic N) is 4. The summed E-state index contributed by atoms with van der Waals surface area (Å²) in [5.41, 5.74) is 1.29. The summed E-state index contributed by atoms with van der Waals surface area (Å²) in [6, 6.07) is 14.2. The van der Waals surface area contributed by atoms with Crippen LogP contribution in [-0.4, -0.2) is 23.6 Å². The number of anilines is 1. The molecule has 0 saturated carbocycles. The van der Waals surface area contributed by atoms with Gasteiger partial charge in [-0.15, -0.1) is 0 Å². The molecule has 0 bridgehead atoms. The summed E-state index contributed by atoms with van der Waals surface area (Å²) in [7, 11) is 3.66. The summed E-state index contributed by atoms with van der Waals surface area (Å²) in [5, 5.41) is 10.4. The van der Waals surface area contributed by atoms with Crippen molar-refractivity contribution in [3.8, 4) is 11.8 Å². The van der Waals surface area contributed by atoms with Gasteiger partial charge in [-0.2, -0.15) is 10.2 Å². The molecule has 5 nitrogen and oxygen atoms in total. The largest absolute Gasteiger partial charge is 0.362 e. The van der Waals surface area contributed by atoms with E-state index in [1.807, 2.05) is 20.2 Å². The maximum absolute atomic E-state index is 12.6. The highest BCUT2D eigenvalue weighted by Crippen LogP contribution is 2.26. The number of benzene rings is 2. The van der Waals surface area contributed by atoms with Gasteiger partial charge in [0.1, 0.15) is 5.82 Å². The second kappa shape index (κ2) is 5.75. The molecule has 0 unspecified atom stereocenters. The van der Waals surface area contributed by atoms with Crippen molar-refractivity contribution in [3.05, 3.63) is 63.5 Å². The molecule has 114 valence electrons. The lowest BCUT2D eigenvalue weighted by Gasteiger charge is -2.17. The molecule has 3 aromatic rings. The summed E-state index contributed by atoms with van der Waals surface area (Å²) < 4.78 is 1.47. The van der Waals surface area contributed by atoms with Gasteiger partial charge < -0.3 is 4.90 Å². The zero-order valence-corrected chi connectivity index (χ0v) is 13.4. The second-order valence-corrected chi connectivity index (χ2v) is 5.71. The predicted octanol–water partition coefficient (Wildman–Crippen LogP) is 2.98. The molecule has 3 rings (SSSR count). The first-order valence-corrected chi connectivity index (χ1v) is 7.29. The highest BCUT2D eigenvalue weighted by molar-refractivity contribution is 6.31. The molecule has 2 aromatic carbocycles. The lowest BCUT2D eigenvalue weighted by atomic mass is 10.2. The minimum absolute atomic E-state index is 0.418. The van der Waals surface area contributed by atoms with Crippen LogP contribution in [0.15, 0.2) is 47.3 Å². The fraction of sp³-hybridized carbons (Fsp3) is 0.118. The van der Waals surface area contributed by atoms with E-state index in [2.05, 4.69) is 11.1 Å². The van der Waals surface area contributed by atoms with Crippen LogP contribution in [0.2, 0.25) is 5.02 Å². The zero-order chi connectivity index (χ0) is 16.6. The molecule has 0 radical (unpaired) electrons. The fourth-order valence-electron chi connectivity index (χ4n) is 2.49. The number of hydrogen-bond donors (Lipinski definition) is 0. The van der Waals surface area contributed by atoms with Gasteiger partial charge in [-0.3, -0.25) is 4.57 Å². The van der Waals surface area contributed by atoms with Crippen LogP contribution in [-0.2, 0) is 0 Å². The van der Waals surface area contributed by atoms with E-state index in [1.54, 1.807) is 41.3 Å². The average molecular weight is 325 g/mol. The van der Waals surface area contributed by atoms with E-state index >= 15 is 0 Å². The van der Waals surface area contributed by atoms with Crippen molar-refractivity contribution in [2.75, 3.05) is 19.0 Å². The monoisotopic (exact) mass is 324 g/mol. The highest BCUT2D eigenvalue weighted by Gasteiger charge is 2.14. The summed E-state index contributed by atoms with van der Waals surface area (Å²) in [6.45, 7) is 0. The number of hydrogen-bond acceptors (Lipinski definition) is 4. The van der Waals surface area contributed by atoms with Gasteiger partial charge in [-0.25, -0.2) is 4.79 Å². The van der Waals surface area contributed by atoms with E-state index in [0.29, 0.717) is 27.6 Å². The molecule has 1 heterocycles. The number of fused-ring (bicyclic) bond motifs is 1. The molecule has 0 N–H and O–H groups in total. The average Bonchev–Trinajstić information content (AvgIpc) is 2.53. The Balaban J connectivity index is 2.44. The summed E-state index contributed by atoms with van der Waals surface area (Å²) in [5.74, 6) is 0.578. The zero-order valence-electron chi connectivity index (χ0n) is 12.6. The molecule has 0 aliphatic heterocycles. The molecule has 0 spiro atoms. The standard InChI is InChI=1S/C17H13ClN4O/c1-21(2)16-14-7-6-12(18)9-15(14)22(17(23)20-16)13-5-3-4-11(8-13)10-19/h3-9H,1-2H3. The Bertz CT molecular complexity index is 1000. The number of halogens is 1. The molecule has 0 aliphatic rings. The molecule has 6 heteroatoms. The molecule has 23 heavy (non-hydrogen) atoms. The normalized spacial score (nSPS) is 10.5. The SMILES string of the molecule is CN(C)c1nc(=O)n(-c2cccc(C#N)c2)c2cc(Cl)ccc12. The maximum atomic E-state index is 12.6. The van der Waals surface area contributed by atoms with E-state index in [9.17, 15) is 4.79 Å². The van der Waals surface area contributed by atoms with Gasteiger partial charge in [0.25, 0.3) is 0 Å². The van der Waals surface area contributed by atoms with E-state index in [0.717, 1.165) is 5.39 Å². The van der Waals surface area contributed by atoms with E-state index in [-0.39, 0.29) is 0 Å². The van der Waals surface area contributed by atoms with Crippen molar-refractivity contribution >= 4 is 28.3 Å². The summed E-state index contributed by atoms with van der Waals surface area (Å²) in [6.07, 6.45) is 0. The molecule has 0 amide bonds. The van der Waals surface area contributed by atoms with Gasteiger partial charge in [-0.1, -0.05) is 17.7 Å². The number of rotatable bonds is 2. The van der Waals surface area contributed by atoms with Crippen molar-refractivity contribution in [2.45, 2.75) is 0 Å². The van der Waals surface area contributed by atoms with E-state index in [1.165, 1.54) is 4.57 Å². The highest BCUT2D eigenvalue weighted by atomic mass is 35.5. The molecule has 0 fully saturated rings. The number of aromatic nitrogens is 2. The molecule has 0 saturated heterocycles. The Morgan fingerprint density at radius 1 is 1.22 bits per heavy atom. The first-order valence-electron chi connectivity index (χ1n) is 6.91. The van der Waals surface area contributed by atoms with Crippen LogP contribution in [0.1, 0.15) is 5.56 Å². The summed E-state index contributed by atoms with van der Waals surface area (Å²) in [4.78, 5) is 18.5. The predicted molar refractivity (Wildman–Crippen MR) is 91.4 cm³/mol. The Hall–Kier alpha value is -2.84. The van der Waals surface area contributed by atoms with E-state index in [4.69, 9.17) is 16.9 Å². The second-order valence-electron chi connectivity index (χ2n) is 5.27. The molecular weight excluding hydrogens is 312 g/mol. The summed E-state index contributed by atoms with van der Waals surface area (Å²) >= 11 is 6.12. The van der Waals surface area contributed by atoms with Crippen molar-refractivity contribution in [1.29, 1.82) is 5.26 Å². The van der Waals surface area contributed by atoms with Crippen LogP contribution < -0.4 is 10.6 Å². The molecule has 1 aromatic heterocycles. The van der Waals surface area contributed by atoms with Crippen molar-refractivity contribution < 1.29 is 0 Å². The third-order valence-corrected chi connectivity index (χ3v) is 3.73. The van der Waals surface area contributed by atoms with Crippen LogP contribution in [0.4, 0.5) is 5.82 Å². The molecule has 0 atom stereocenters. The molecular formula is C17H13ClN4O. The van der Waals surface area contributed by atoms with Gasteiger partial charge in [0, 0.05) is 24.5 Å². The fourth-order valence-corrected chi connectivity index (χ4v) is 2.65. The minimum Gasteiger partial charge on any atom is -0.362 e. The van der Waals surface area contributed by atoms with Crippen molar-refractivity contribution in [2.24, 2.45) is 0 Å².